The molecule has 0 N–H and O–H groups in total. The van der Waals surface area contributed by atoms with Gasteiger partial charge in [0.1, 0.15) is 11.3 Å². The lowest BCUT2D eigenvalue weighted by Crippen LogP contribution is -2.06. The van der Waals surface area contributed by atoms with Gasteiger partial charge in [0, 0.05) is 11.8 Å². The first-order valence-corrected chi connectivity index (χ1v) is 5.30. The van der Waals surface area contributed by atoms with Crippen LogP contribution in [0.25, 0.3) is 5.52 Å². The van der Waals surface area contributed by atoms with Crippen molar-refractivity contribution in [3.05, 3.63) is 24.0 Å². The van der Waals surface area contributed by atoms with E-state index in [0.29, 0.717) is 11.8 Å². The molecule has 2 aromatic rings. The molecule has 0 amide bonds. The molecule has 0 bridgehead atoms. The van der Waals surface area contributed by atoms with Crippen molar-refractivity contribution >= 4 is 5.52 Å². The molecule has 0 atom stereocenters. The van der Waals surface area contributed by atoms with Crippen LogP contribution in [0, 0.1) is 0 Å². The van der Waals surface area contributed by atoms with Crippen LogP contribution in [-0.4, -0.2) is 19.6 Å². The van der Waals surface area contributed by atoms with Crippen molar-refractivity contribution in [3.8, 4) is 0 Å². The molecule has 2 rings (SSSR count). The molecule has 80 valence electrons. The lowest BCUT2D eigenvalue weighted by atomic mass is 10.2. The van der Waals surface area contributed by atoms with Gasteiger partial charge in [0.15, 0.2) is 5.82 Å². The molecule has 0 aliphatic rings. The molecule has 15 heavy (non-hydrogen) atoms. The van der Waals surface area contributed by atoms with E-state index in [2.05, 4.69) is 42.8 Å². The van der Waals surface area contributed by atoms with Crippen molar-refractivity contribution in [1.29, 1.82) is 0 Å². The monoisotopic (exact) mass is 204 g/mol. The van der Waals surface area contributed by atoms with Crippen molar-refractivity contribution < 1.29 is 0 Å². The van der Waals surface area contributed by atoms with Gasteiger partial charge in [-0.15, -0.1) is 0 Å². The zero-order chi connectivity index (χ0) is 11.0. The molecule has 2 heterocycles. The van der Waals surface area contributed by atoms with Crippen molar-refractivity contribution in [3.63, 3.8) is 0 Å². The highest BCUT2D eigenvalue weighted by Gasteiger charge is 2.11. The van der Waals surface area contributed by atoms with Crippen LogP contribution < -0.4 is 0 Å². The highest BCUT2D eigenvalue weighted by atomic mass is 15.3. The number of hydrogen-bond donors (Lipinski definition) is 0. The Morgan fingerprint density at radius 3 is 2.27 bits per heavy atom. The van der Waals surface area contributed by atoms with Crippen molar-refractivity contribution in [2.45, 2.75) is 39.5 Å². The average molecular weight is 204 g/mol. The zero-order valence-corrected chi connectivity index (χ0v) is 9.60. The first-order valence-electron chi connectivity index (χ1n) is 5.30. The summed E-state index contributed by atoms with van der Waals surface area (Å²) in [5.41, 5.74) is 0.961. The van der Waals surface area contributed by atoms with Crippen LogP contribution in [0.4, 0.5) is 0 Å². The molecule has 0 aromatic carbocycles. The minimum atomic E-state index is 0.344. The van der Waals surface area contributed by atoms with E-state index in [1.807, 2.05) is 16.9 Å². The molecule has 0 saturated carbocycles. The Morgan fingerprint density at radius 2 is 1.67 bits per heavy atom. The predicted molar refractivity (Wildman–Crippen MR) is 59.0 cm³/mol. The molecule has 4 nitrogen and oxygen atoms in total. The summed E-state index contributed by atoms with van der Waals surface area (Å²) in [6, 6.07) is 0. The number of rotatable bonds is 2. The number of fused-ring (bicyclic) bond motifs is 1. The van der Waals surface area contributed by atoms with Gasteiger partial charge >= 0.3 is 0 Å². The largest absolute Gasteiger partial charge is 0.239 e. The normalized spacial score (nSPS) is 11.9. The summed E-state index contributed by atoms with van der Waals surface area (Å²) in [5, 5.41) is 4.50. The van der Waals surface area contributed by atoms with Gasteiger partial charge in [0.05, 0.1) is 12.4 Å². The van der Waals surface area contributed by atoms with Crippen molar-refractivity contribution in [2.75, 3.05) is 0 Å². The summed E-state index contributed by atoms with van der Waals surface area (Å²) in [4.78, 5) is 8.66. The number of aromatic nitrogens is 4. The van der Waals surface area contributed by atoms with E-state index in [9.17, 15) is 0 Å². The van der Waals surface area contributed by atoms with Gasteiger partial charge in [-0.2, -0.15) is 5.10 Å². The van der Waals surface area contributed by atoms with Gasteiger partial charge in [-0.3, -0.25) is 0 Å². The van der Waals surface area contributed by atoms with Crippen LogP contribution in [0.2, 0.25) is 0 Å². The fraction of sp³-hybridized carbons (Fsp3) is 0.545. The standard InChI is InChI=1S/C11H16N4/c1-7(2)10-12-5-9-6-13-11(8(3)4)15(9)14-10/h5-8H,1-4H3. The summed E-state index contributed by atoms with van der Waals surface area (Å²) in [6.07, 6.45) is 3.65. The molecule has 0 fully saturated rings. The smallest absolute Gasteiger partial charge is 0.151 e. The second-order valence-corrected chi connectivity index (χ2v) is 4.38. The first-order chi connectivity index (χ1) is 7.09. The number of hydrogen-bond acceptors (Lipinski definition) is 3. The van der Waals surface area contributed by atoms with Crippen molar-refractivity contribution in [2.24, 2.45) is 0 Å². The molecule has 0 radical (unpaired) electrons. The minimum absolute atomic E-state index is 0.344. The molecule has 0 unspecified atom stereocenters. The van der Waals surface area contributed by atoms with Crippen LogP contribution >= 0.6 is 0 Å². The predicted octanol–water partition coefficient (Wildman–Crippen LogP) is 2.37. The molecule has 4 heteroatoms. The minimum Gasteiger partial charge on any atom is -0.239 e. The van der Waals surface area contributed by atoms with Gasteiger partial charge < -0.3 is 0 Å². The van der Waals surface area contributed by atoms with Gasteiger partial charge in [-0.25, -0.2) is 14.5 Å². The maximum atomic E-state index is 4.50. The van der Waals surface area contributed by atoms with Gasteiger partial charge in [0.2, 0.25) is 0 Å². The molecule has 0 spiro atoms. The van der Waals surface area contributed by atoms with E-state index in [1.54, 1.807) is 0 Å². The van der Waals surface area contributed by atoms with E-state index in [-0.39, 0.29) is 0 Å². The zero-order valence-electron chi connectivity index (χ0n) is 9.60. The Bertz CT molecular complexity index is 470. The van der Waals surface area contributed by atoms with Crippen LogP contribution in [0.3, 0.4) is 0 Å². The van der Waals surface area contributed by atoms with E-state index in [0.717, 1.165) is 17.2 Å². The fourth-order valence-electron chi connectivity index (χ4n) is 1.49. The quantitative estimate of drug-likeness (QED) is 0.754. The molecular weight excluding hydrogens is 188 g/mol. The number of nitrogens with zero attached hydrogens (tertiary/aromatic N) is 4. The van der Waals surface area contributed by atoms with Crippen LogP contribution in [0.5, 0.6) is 0 Å². The maximum absolute atomic E-state index is 4.50. The van der Waals surface area contributed by atoms with E-state index in [1.165, 1.54) is 0 Å². The van der Waals surface area contributed by atoms with Gasteiger partial charge in [-0.05, 0) is 0 Å². The Hall–Kier alpha value is -1.45. The Morgan fingerprint density at radius 1 is 1.00 bits per heavy atom. The molecular formula is C11H16N4. The summed E-state index contributed by atoms with van der Waals surface area (Å²) in [6.45, 7) is 8.41. The third-order valence-electron chi connectivity index (χ3n) is 2.36. The van der Waals surface area contributed by atoms with Gasteiger partial charge in [0.25, 0.3) is 0 Å². The average Bonchev–Trinajstić information content (AvgIpc) is 2.59. The molecule has 0 aliphatic carbocycles. The topological polar surface area (TPSA) is 43.1 Å². The van der Waals surface area contributed by atoms with Crippen LogP contribution in [0.1, 0.15) is 51.2 Å². The Balaban J connectivity index is 2.61. The maximum Gasteiger partial charge on any atom is 0.151 e. The summed E-state index contributed by atoms with van der Waals surface area (Å²) in [5.74, 6) is 2.58. The lowest BCUT2D eigenvalue weighted by molar-refractivity contribution is 0.670. The highest BCUT2D eigenvalue weighted by molar-refractivity contribution is 5.42. The third-order valence-corrected chi connectivity index (χ3v) is 2.36. The second kappa shape index (κ2) is 3.61. The molecule has 0 aliphatic heterocycles. The summed E-state index contributed by atoms with van der Waals surface area (Å²) >= 11 is 0. The number of imidazole rings is 1. The molecule has 2 aromatic heterocycles. The van der Waals surface area contributed by atoms with Crippen LogP contribution in [0.15, 0.2) is 12.4 Å². The SMILES string of the molecule is CC(C)c1ncc2cnc(C(C)C)n2n1. The summed E-state index contributed by atoms with van der Waals surface area (Å²) < 4.78 is 1.90. The second-order valence-electron chi connectivity index (χ2n) is 4.38. The highest BCUT2D eigenvalue weighted by Crippen LogP contribution is 2.15. The lowest BCUT2D eigenvalue weighted by Gasteiger charge is -2.06. The van der Waals surface area contributed by atoms with Crippen molar-refractivity contribution in [1.82, 2.24) is 19.6 Å². The fourth-order valence-corrected chi connectivity index (χ4v) is 1.49. The van der Waals surface area contributed by atoms with Gasteiger partial charge in [-0.1, -0.05) is 27.7 Å². The van der Waals surface area contributed by atoms with E-state index >= 15 is 0 Å². The van der Waals surface area contributed by atoms with E-state index in [4.69, 9.17) is 0 Å². The third kappa shape index (κ3) is 1.71. The molecule has 0 saturated heterocycles. The summed E-state index contributed by atoms with van der Waals surface area (Å²) in [7, 11) is 0. The first kappa shape index (κ1) is 10.1. The Labute approximate surface area is 89.4 Å². The van der Waals surface area contributed by atoms with E-state index < -0.39 is 0 Å². The Kier molecular flexibility index (Phi) is 2.42. The van der Waals surface area contributed by atoms with Crippen LogP contribution in [-0.2, 0) is 0 Å².